The summed E-state index contributed by atoms with van der Waals surface area (Å²) >= 11 is 0. The second kappa shape index (κ2) is 3.94. The fourth-order valence-corrected chi connectivity index (χ4v) is 2.75. The maximum absolute atomic E-state index is 12.6. The van der Waals surface area contributed by atoms with Gasteiger partial charge in [-0.3, -0.25) is 4.79 Å². The Hall–Kier alpha value is -2.61. The van der Waals surface area contributed by atoms with Crippen LogP contribution in [0.5, 0.6) is 0 Å². The summed E-state index contributed by atoms with van der Waals surface area (Å²) in [6.07, 6.45) is 0. The number of rotatable bonds is 0. The summed E-state index contributed by atoms with van der Waals surface area (Å²) in [5.41, 5.74) is 2.38. The second-order valence-electron chi connectivity index (χ2n) is 5.05. The van der Waals surface area contributed by atoms with Crippen LogP contribution in [0.4, 0.5) is 0 Å². The molecule has 1 heterocycles. The van der Waals surface area contributed by atoms with E-state index in [1.54, 1.807) is 0 Å². The first-order chi connectivity index (χ1) is 9.75. The van der Waals surface area contributed by atoms with Crippen molar-refractivity contribution in [2.24, 2.45) is 0 Å². The Morgan fingerprint density at radius 2 is 1.50 bits per heavy atom. The minimum Gasteiger partial charge on any atom is -0.455 e. The Labute approximate surface area is 115 Å². The average molecular weight is 260 g/mol. The molecule has 20 heavy (non-hydrogen) atoms. The highest BCUT2D eigenvalue weighted by atomic mass is 16.3. The predicted octanol–water partition coefficient (Wildman–Crippen LogP) is 4.41. The molecule has 0 unspecified atom stereocenters. The Bertz CT molecular complexity index is 1030. The third-order valence-electron chi connectivity index (χ3n) is 3.78. The third-order valence-corrected chi connectivity index (χ3v) is 3.78. The molecule has 0 aliphatic heterocycles. The van der Waals surface area contributed by atoms with Gasteiger partial charge in [-0.1, -0.05) is 42.5 Å². The monoisotopic (exact) mass is 260 g/mol. The van der Waals surface area contributed by atoms with Gasteiger partial charge in [-0.25, -0.2) is 0 Å². The zero-order valence-electron chi connectivity index (χ0n) is 11.0. The van der Waals surface area contributed by atoms with E-state index in [0.717, 1.165) is 16.3 Å². The lowest BCUT2D eigenvalue weighted by atomic mass is 10.0. The Morgan fingerprint density at radius 1 is 0.750 bits per heavy atom. The first kappa shape index (κ1) is 11.2. The number of para-hydroxylation sites is 1. The molecule has 0 amide bonds. The largest absolute Gasteiger partial charge is 0.455 e. The van der Waals surface area contributed by atoms with Crippen LogP contribution in [-0.2, 0) is 0 Å². The van der Waals surface area contributed by atoms with Crippen LogP contribution in [0.15, 0.2) is 63.8 Å². The van der Waals surface area contributed by atoms with E-state index in [-0.39, 0.29) is 5.43 Å². The fraction of sp³-hybridized carbons (Fsp3) is 0.0556. The summed E-state index contributed by atoms with van der Waals surface area (Å²) in [5, 5.41) is 3.35. The van der Waals surface area contributed by atoms with Crippen LogP contribution in [0, 0.1) is 6.92 Å². The molecule has 3 aromatic carbocycles. The molecule has 0 bridgehead atoms. The smallest absolute Gasteiger partial charge is 0.200 e. The summed E-state index contributed by atoms with van der Waals surface area (Å²) in [5.74, 6) is 0. The van der Waals surface area contributed by atoms with Crippen molar-refractivity contribution in [3.8, 4) is 0 Å². The van der Waals surface area contributed by atoms with Crippen molar-refractivity contribution in [3.05, 3.63) is 70.4 Å². The molecule has 2 nitrogen and oxygen atoms in total. The molecule has 0 aliphatic rings. The Morgan fingerprint density at radius 3 is 2.40 bits per heavy atom. The molecule has 0 saturated heterocycles. The lowest BCUT2D eigenvalue weighted by molar-refractivity contribution is 0.660. The van der Waals surface area contributed by atoms with Gasteiger partial charge in [0, 0.05) is 5.39 Å². The second-order valence-corrected chi connectivity index (χ2v) is 5.05. The van der Waals surface area contributed by atoms with Gasteiger partial charge in [-0.05, 0) is 30.0 Å². The van der Waals surface area contributed by atoms with Gasteiger partial charge in [0.1, 0.15) is 11.2 Å². The molecule has 0 N–H and O–H groups in total. The highest BCUT2D eigenvalue weighted by Crippen LogP contribution is 2.27. The molecule has 0 saturated carbocycles. The van der Waals surface area contributed by atoms with E-state index in [0.29, 0.717) is 21.9 Å². The quantitative estimate of drug-likeness (QED) is 0.346. The maximum Gasteiger partial charge on any atom is 0.200 e. The standard InChI is InChI=1S/C18H12O2/c1-11-5-4-8-14-16(19)15-10-9-12-6-2-3-7-13(12)18(15)20-17(11)14/h2-10H,1H3. The van der Waals surface area contributed by atoms with Crippen LogP contribution in [0.3, 0.4) is 0 Å². The summed E-state index contributed by atoms with van der Waals surface area (Å²) in [4.78, 5) is 12.6. The van der Waals surface area contributed by atoms with Crippen LogP contribution in [0.25, 0.3) is 32.7 Å². The van der Waals surface area contributed by atoms with Crippen molar-refractivity contribution in [2.75, 3.05) is 0 Å². The van der Waals surface area contributed by atoms with E-state index >= 15 is 0 Å². The average Bonchev–Trinajstić information content (AvgIpc) is 2.48. The van der Waals surface area contributed by atoms with E-state index in [2.05, 4.69) is 0 Å². The molecular formula is C18H12O2. The van der Waals surface area contributed by atoms with E-state index < -0.39 is 0 Å². The molecule has 0 spiro atoms. The Balaban J connectivity index is 2.36. The van der Waals surface area contributed by atoms with E-state index in [1.807, 2.05) is 61.5 Å². The summed E-state index contributed by atoms with van der Waals surface area (Å²) in [6.45, 7) is 1.96. The molecule has 4 aromatic rings. The molecular weight excluding hydrogens is 248 g/mol. The van der Waals surface area contributed by atoms with Crippen LogP contribution < -0.4 is 5.43 Å². The van der Waals surface area contributed by atoms with Crippen LogP contribution >= 0.6 is 0 Å². The van der Waals surface area contributed by atoms with E-state index in [9.17, 15) is 4.79 Å². The lowest BCUT2D eigenvalue weighted by Gasteiger charge is -2.06. The number of aryl methyl sites for hydroxylation is 1. The molecule has 0 radical (unpaired) electrons. The molecule has 96 valence electrons. The van der Waals surface area contributed by atoms with Crippen molar-refractivity contribution in [2.45, 2.75) is 6.92 Å². The molecule has 0 atom stereocenters. The normalized spacial score (nSPS) is 11.4. The summed E-state index contributed by atoms with van der Waals surface area (Å²) in [7, 11) is 0. The minimum absolute atomic E-state index is 0.0377. The third kappa shape index (κ3) is 1.42. The van der Waals surface area contributed by atoms with Gasteiger partial charge in [0.05, 0.1) is 10.8 Å². The van der Waals surface area contributed by atoms with Gasteiger partial charge in [-0.2, -0.15) is 0 Å². The number of hydrogen-bond donors (Lipinski definition) is 0. The molecule has 2 heteroatoms. The predicted molar refractivity (Wildman–Crippen MR) is 82.2 cm³/mol. The van der Waals surface area contributed by atoms with Gasteiger partial charge in [-0.15, -0.1) is 0 Å². The molecule has 0 aliphatic carbocycles. The van der Waals surface area contributed by atoms with E-state index in [1.165, 1.54) is 0 Å². The van der Waals surface area contributed by atoms with Crippen LogP contribution in [-0.4, -0.2) is 0 Å². The van der Waals surface area contributed by atoms with Crippen molar-refractivity contribution in [1.29, 1.82) is 0 Å². The van der Waals surface area contributed by atoms with Gasteiger partial charge in [0.25, 0.3) is 0 Å². The number of benzene rings is 3. The number of fused-ring (bicyclic) bond motifs is 4. The molecule has 4 rings (SSSR count). The van der Waals surface area contributed by atoms with Gasteiger partial charge >= 0.3 is 0 Å². The SMILES string of the molecule is Cc1cccc2c(=O)c3ccc4ccccc4c3oc12. The van der Waals surface area contributed by atoms with Crippen molar-refractivity contribution >= 4 is 32.7 Å². The minimum atomic E-state index is 0.0377. The summed E-state index contributed by atoms with van der Waals surface area (Å²) < 4.78 is 6.07. The number of hydrogen-bond acceptors (Lipinski definition) is 2. The van der Waals surface area contributed by atoms with Gasteiger partial charge in [0.15, 0.2) is 0 Å². The van der Waals surface area contributed by atoms with Crippen molar-refractivity contribution in [1.82, 2.24) is 0 Å². The van der Waals surface area contributed by atoms with Gasteiger partial charge < -0.3 is 4.42 Å². The first-order valence-electron chi connectivity index (χ1n) is 6.59. The van der Waals surface area contributed by atoms with Crippen molar-refractivity contribution < 1.29 is 4.42 Å². The lowest BCUT2D eigenvalue weighted by Crippen LogP contribution is -2.02. The maximum atomic E-state index is 12.6. The first-order valence-corrected chi connectivity index (χ1v) is 6.59. The van der Waals surface area contributed by atoms with Crippen LogP contribution in [0.1, 0.15) is 5.56 Å². The topological polar surface area (TPSA) is 30.2 Å². The highest BCUT2D eigenvalue weighted by molar-refractivity contribution is 6.06. The molecule has 0 fully saturated rings. The van der Waals surface area contributed by atoms with Crippen LogP contribution in [0.2, 0.25) is 0 Å². The molecule has 1 aromatic heterocycles. The Kier molecular flexibility index (Phi) is 2.21. The summed E-state index contributed by atoms with van der Waals surface area (Å²) in [6, 6.07) is 17.5. The highest BCUT2D eigenvalue weighted by Gasteiger charge is 2.11. The zero-order valence-corrected chi connectivity index (χ0v) is 11.0. The fourth-order valence-electron chi connectivity index (χ4n) is 2.75. The van der Waals surface area contributed by atoms with Crippen molar-refractivity contribution in [3.63, 3.8) is 0 Å². The van der Waals surface area contributed by atoms with Gasteiger partial charge in [0.2, 0.25) is 5.43 Å². The van der Waals surface area contributed by atoms with E-state index in [4.69, 9.17) is 4.42 Å². The zero-order chi connectivity index (χ0) is 13.7.